The van der Waals surface area contributed by atoms with Gasteiger partial charge in [0.05, 0.1) is 36.1 Å². The van der Waals surface area contributed by atoms with Gasteiger partial charge in [-0.1, -0.05) is 69.7 Å². The maximum atomic E-state index is 14.6. The van der Waals surface area contributed by atoms with Crippen molar-refractivity contribution >= 4 is 44.7 Å². The second-order valence-corrected chi connectivity index (χ2v) is 12.0. The number of likely N-dealkylation sites (tertiary alicyclic amines) is 1. The summed E-state index contributed by atoms with van der Waals surface area (Å²) in [6.07, 6.45) is 1.39. The van der Waals surface area contributed by atoms with Crippen LogP contribution >= 0.6 is 15.9 Å². The summed E-state index contributed by atoms with van der Waals surface area (Å²) in [5.74, 6) is -4.25. The number of hydrogen-bond donors (Lipinski definition) is 2. The smallest absolute Gasteiger partial charge is 0.310 e. The first kappa shape index (κ1) is 27.6. The van der Waals surface area contributed by atoms with Gasteiger partial charge in [-0.05, 0) is 30.5 Å². The number of aliphatic hydroxyl groups excluding tert-OH is 1. The Morgan fingerprint density at radius 2 is 1.95 bits per heavy atom. The molecule has 0 radical (unpaired) electrons. The van der Waals surface area contributed by atoms with E-state index in [0.29, 0.717) is 5.52 Å². The quantitative estimate of drug-likeness (QED) is 0.258. The third-order valence-electron chi connectivity index (χ3n) is 8.55. The van der Waals surface area contributed by atoms with Gasteiger partial charge in [0.25, 0.3) is 0 Å². The minimum absolute atomic E-state index is 0.0245. The number of halogens is 1. The second kappa shape index (κ2) is 10.7. The van der Waals surface area contributed by atoms with E-state index in [1.807, 2.05) is 54.6 Å². The number of aliphatic carboxylic acids is 1. The number of aliphatic hydroxyl groups is 1. The van der Waals surface area contributed by atoms with E-state index in [1.165, 1.54) is 9.80 Å². The molecular weight excluding hydrogens is 594 g/mol. The Kier molecular flexibility index (Phi) is 7.16. The Morgan fingerprint density at radius 3 is 2.66 bits per heavy atom. The molecule has 2 aromatic carbocycles. The van der Waals surface area contributed by atoms with E-state index in [0.717, 1.165) is 11.1 Å². The highest BCUT2D eigenvalue weighted by atomic mass is 79.9. The molecule has 41 heavy (non-hydrogen) atoms. The van der Waals surface area contributed by atoms with Crippen LogP contribution in [0.15, 0.2) is 67.3 Å². The van der Waals surface area contributed by atoms with Crippen molar-refractivity contribution < 1.29 is 29.3 Å². The number of para-hydroxylation sites is 1. The Morgan fingerprint density at radius 1 is 1.22 bits per heavy atom. The number of amides is 2. The van der Waals surface area contributed by atoms with Crippen molar-refractivity contribution in [2.45, 2.75) is 48.1 Å². The van der Waals surface area contributed by atoms with E-state index < -0.39 is 60.0 Å². The minimum atomic E-state index is -1.37. The van der Waals surface area contributed by atoms with Gasteiger partial charge in [0.15, 0.2) is 0 Å². The molecule has 7 atom stereocenters. The van der Waals surface area contributed by atoms with Crippen LogP contribution in [0.5, 0.6) is 0 Å². The molecule has 3 unspecified atom stereocenters. The van der Waals surface area contributed by atoms with Crippen LogP contribution in [0.25, 0.3) is 11.0 Å². The highest BCUT2D eigenvalue weighted by molar-refractivity contribution is 9.09. The molecule has 3 aliphatic rings. The summed E-state index contributed by atoms with van der Waals surface area (Å²) in [6, 6.07) is 14.8. The van der Waals surface area contributed by atoms with Crippen molar-refractivity contribution in [1.29, 1.82) is 0 Å². The molecular formula is C29H30BrN5O6. The lowest BCUT2D eigenvalue weighted by Crippen LogP contribution is -2.59. The van der Waals surface area contributed by atoms with E-state index in [2.05, 4.69) is 32.8 Å². The normalized spacial score (nSPS) is 29.1. The summed E-state index contributed by atoms with van der Waals surface area (Å²) < 4.78 is 8.00. The summed E-state index contributed by atoms with van der Waals surface area (Å²) in [5, 5.41) is 29.2. The number of nitrogens with zero attached hydrogens (tertiary/aromatic N) is 5. The van der Waals surface area contributed by atoms with Gasteiger partial charge in [-0.3, -0.25) is 14.4 Å². The molecule has 2 N–H and O–H groups in total. The van der Waals surface area contributed by atoms with Crippen LogP contribution in [-0.2, 0) is 32.2 Å². The molecule has 3 aliphatic heterocycles. The molecule has 11 nitrogen and oxygen atoms in total. The number of ether oxygens (including phenoxy) is 1. The third-order valence-corrected chi connectivity index (χ3v) is 9.40. The SMILES string of the molecule is C=CCN(Cn1nnc2ccccc21)C(=O)C1N([C@@H](CO)Cc2ccccc2)C(=O)[C@@H]2[C@H](C(=O)O)[C@H]3OC12CC3Br. The first-order chi connectivity index (χ1) is 19.8. The molecule has 3 aromatic rings. The molecule has 0 aliphatic carbocycles. The van der Waals surface area contributed by atoms with Crippen molar-refractivity contribution in [2.24, 2.45) is 11.8 Å². The van der Waals surface area contributed by atoms with Crippen LogP contribution in [0.3, 0.4) is 0 Å². The first-order valence-electron chi connectivity index (χ1n) is 13.5. The maximum absolute atomic E-state index is 14.6. The Hall–Kier alpha value is -3.61. The lowest BCUT2D eigenvalue weighted by atomic mass is 9.70. The number of fused-ring (bicyclic) bond motifs is 2. The summed E-state index contributed by atoms with van der Waals surface area (Å²) in [4.78, 5) is 43.9. The van der Waals surface area contributed by atoms with Gasteiger partial charge in [0.2, 0.25) is 11.8 Å². The van der Waals surface area contributed by atoms with Gasteiger partial charge < -0.3 is 24.7 Å². The number of benzene rings is 2. The molecule has 3 saturated heterocycles. The van der Waals surface area contributed by atoms with E-state index in [1.54, 1.807) is 10.8 Å². The van der Waals surface area contributed by atoms with Gasteiger partial charge in [-0.15, -0.1) is 11.7 Å². The zero-order valence-electron chi connectivity index (χ0n) is 22.1. The topological polar surface area (TPSA) is 138 Å². The average molecular weight is 624 g/mol. The Bertz CT molecular complexity index is 1500. The molecule has 214 valence electrons. The summed E-state index contributed by atoms with van der Waals surface area (Å²) in [6.45, 7) is 3.57. The summed E-state index contributed by atoms with van der Waals surface area (Å²) in [7, 11) is 0. The number of rotatable bonds is 10. The predicted octanol–water partition coefficient (Wildman–Crippen LogP) is 1.84. The Labute approximate surface area is 244 Å². The molecule has 12 heteroatoms. The van der Waals surface area contributed by atoms with Crippen LogP contribution in [0, 0.1) is 11.8 Å². The summed E-state index contributed by atoms with van der Waals surface area (Å²) >= 11 is 3.57. The van der Waals surface area contributed by atoms with E-state index in [4.69, 9.17) is 4.74 Å². The number of carboxylic acids is 1. The van der Waals surface area contributed by atoms with Crippen LogP contribution < -0.4 is 0 Å². The zero-order valence-corrected chi connectivity index (χ0v) is 23.7. The minimum Gasteiger partial charge on any atom is -0.481 e. The zero-order chi connectivity index (χ0) is 28.9. The lowest BCUT2D eigenvalue weighted by molar-refractivity contribution is -0.154. The van der Waals surface area contributed by atoms with Gasteiger partial charge in [-0.25, -0.2) is 4.68 Å². The monoisotopic (exact) mass is 623 g/mol. The highest BCUT2D eigenvalue weighted by Gasteiger charge is 2.77. The van der Waals surface area contributed by atoms with E-state index >= 15 is 0 Å². The molecule has 1 aromatic heterocycles. The number of carbonyl (C=O) groups is 3. The molecule has 3 fully saturated rings. The van der Waals surface area contributed by atoms with Crippen molar-refractivity contribution in [2.75, 3.05) is 13.2 Å². The van der Waals surface area contributed by atoms with Crippen molar-refractivity contribution in [3.05, 3.63) is 72.8 Å². The van der Waals surface area contributed by atoms with Crippen LogP contribution in [0.2, 0.25) is 0 Å². The van der Waals surface area contributed by atoms with Gasteiger partial charge in [0.1, 0.15) is 23.8 Å². The molecule has 4 heterocycles. The predicted molar refractivity (Wildman–Crippen MR) is 151 cm³/mol. The van der Waals surface area contributed by atoms with Crippen LogP contribution in [-0.4, -0.2) is 94.6 Å². The van der Waals surface area contributed by atoms with Crippen molar-refractivity contribution in [3.63, 3.8) is 0 Å². The number of carbonyl (C=O) groups excluding carboxylic acids is 2. The lowest BCUT2D eigenvalue weighted by Gasteiger charge is -2.39. The number of carboxylic acid groups (broad SMARTS) is 1. The largest absolute Gasteiger partial charge is 0.481 e. The summed E-state index contributed by atoms with van der Waals surface area (Å²) in [5.41, 5.74) is 0.897. The van der Waals surface area contributed by atoms with Crippen LogP contribution in [0.1, 0.15) is 12.0 Å². The molecule has 6 rings (SSSR count). The van der Waals surface area contributed by atoms with Crippen molar-refractivity contribution in [3.8, 4) is 0 Å². The van der Waals surface area contributed by atoms with E-state index in [-0.39, 0.29) is 30.9 Å². The number of aromatic nitrogens is 3. The van der Waals surface area contributed by atoms with E-state index in [9.17, 15) is 24.6 Å². The second-order valence-electron chi connectivity index (χ2n) is 10.8. The van der Waals surface area contributed by atoms with Crippen molar-refractivity contribution in [1.82, 2.24) is 24.8 Å². The van der Waals surface area contributed by atoms with Gasteiger partial charge in [0, 0.05) is 11.4 Å². The fourth-order valence-electron chi connectivity index (χ4n) is 6.89. The molecule has 2 bridgehead atoms. The first-order valence-corrected chi connectivity index (χ1v) is 14.4. The van der Waals surface area contributed by atoms with Gasteiger partial charge >= 0.3 is 5.97 Å². The fraction of sp³-hybridized carbons (Fsp3) is 0.414. The number of hydrogen-bond acceptors (Lipinski definition) is 7. The fourth-order valence-corrected chi connectivity index (χ4v) is 7.83. The third kappa shape index (κ3) is 4.36. The number of alkyl halides is 1. The van der Waals surface area contributed by atoms with Crippen LogP contribution in [0.4, 0.5) is 0 Å². The van der Waals surface area contributed by atoms with Gasteiger partial charge in [-0.2, -0.15) is 0 Å². The molecule has 0 saturated carbocycles. The molecule has 2 amide bonds. The highest BCUT2D eigenvalue weighted by Crippen LogP contribution is 2.60. The Balaban J connectivity index is 1.43. The standard InChI is InChI=1S/C29H30BrN5O6/c1-2-12-33(16-34-21-11-7-6-10-20(21)31-32-34)27(38)25-29-14-19(30)24(41-29)22(28(39)40)23(29)26(37)35(25)18(15-36)13-17-8-4-3-5-9-17/h2-11,18-19,22-25,36H,1,12-16H2,(H,39,40)/t18-,19?,22+,23+,24+,25?,29?/m1/s1. The molecule has 1 spiro atoms. The average Bonchev–Trinajstić information content (AvgIpc) is 3.69. The maximum Gasteiger partial charge on any atom is 0.310 e.